The lowest BCUT2D eigenvalue weighted by Crippen LogP contribution is -2.24. The molecular weight excluding hydrogens is 425 g/mol. The number of nitrogens with one attached hydrogen (secondary N) is 1. The van der Waals surface area contributed by atoms with Gasteiger partial charge in [-0.1, -0.05) is 20.1 Å². The van der Waals surface area contributed by atoms with Crippen LogP contribution in [-0.4, -0.2) is 19.1 Å². The zero-order valence-electron chi connectivity index (χ0n) is 16.8. The molecule has 0 bridgehead atoms. The molecule has 0 fully saturated rings. The Hall–Kier alpha value is -4.36. The molecule has 32 heavy (non-hydrogen) atoms. The maximum atomic E-state index is 11.3. The molecule has 1 N–H and O–H groups in total. The average molecular weight is 444 g/mol. The van der Waals surface area contributed by atoms with Gasteiger partial charge in [-0.3, -0.25) is 9.36 Å². The number of rotatable bonds is 6. The summed E-state index contributed by atoms with van der Waals surface area (Å²) in [5.74, 6) is 26.6. The van der Waals surface area contributed by atoms with Crippen LogP contribution in [0.5, 0.6) is 0 Å². The molecule has 0 rings (SSSR count). The van der Waals surface area contributed by atoms with Crippen LogP contribution < -0.4 is 10.2 Å². The van der Waals surface area contributed by atoms with Crippen LogP contribution in [-0.2, 0) is 18.4 Å². The van der Waals surface area contributed by atoms with Crippen LogP contribution in [0.1, 0.15) is 27.7 Å². The summed E-state index contributed by atoms with van der Waals surface area (Å²) in [5.41, 5.74) is 11.1. The Morgan fingerprint density at radius 2 is 1.56 bits per heavy atom. The van der Waals surface area contributed by atoms with Crippen molar-refractivity contribution in [3.63, 3.8) is 0 Å². The van der Waals surface area contributed by atoms with E-state index in [0.29, 0.717) is 12.0 Å². The highest BCUT2D eigenvalue weighted by molar-refractivity contribution is 7.46. The number of allylic oxidation sites excluding steroid dienone is 1. The highest BCUT2D eigenvalue weighted by Crippen LogP contribution is 2.37. The average Bonchev–Trinajstić information content (AvgIpc) is 2.73. The molecule has 0 aromatic rings. The molecule has 0 saturated carbocycles. The molecule has 0 aliphatic rings. The number of carbonyl (C=O) groups excluding carboxylic acids is 1. The van der Waals surface area contributed by atoms with Crippen LogP contribution in [0.4, 0.5) is 0 Å². The lowest BCUT2D eigenvalue weighted by atomic mass is 10.2. The van der Waals surface area contributed by atoms with Crippen molar-refractivity contribution in [3.8, 4) is 71.2 Å². The number of hydrogen-bond acceptors (Lipinski definition) is 5. The summed E-state index contributed by atoms with van der Waals surface area (Å²) >= 11 is 0. The maximum Gasteiger partial charge on any atom is 0.328 e. The summed E-state index contributed by atoms with van der Waals surface area (Å²) in [7, 11) is -4.59. The van der Waals surface area contributed by atoms with Gasteiger partial charge in [0.15, 0.2) is 0 Å². The second-order valence-corrected chi connectivity index (χ2v) is 6.05. The van der Waals surface area contributed by atoms with Gasteiger partial charge in [0, 0.05) is 43.1 Å². The summed E-state index contributed by atoms with van der Waals surface area (Å²) in [4.78, 5) is 21.9. The minimum absolute atomic E-state index is 0. The molecule has 0 spiro atoms. The first kappa shape index (κ1) is 29.8. The van der Waals surface area contributed by atoms with Gasteiger partial charge in [0.05, 0.1) is 12.2 Å². The van der Waals surface area contributed by atoms with E-state index < -0.39 is 7.82 Å². The second-order valence-electron chi connectivity index (χ2n) is 4.72. The van der Waals surface area contributed by atoms with Crippen molar-refractivity contribution in [2.24, 2.45) is 0 Å². The molecule has 1 atom stereocenters. The number of hydrogen-bond donors (Lipinski definition) is 1. The van der Waals surface area contributed by atoms with Gasteiger partial charge in [-0.15, -0.1) is 0 Å². The first-order valence-corrected chi connectivity index (χ1v) is 9.91. The molecule has 1 unspecified atom stereocenters. The van der Waals surface area contributed by atoms with Gasteiger partial charge in [0.1, 0.15) is 6.11 Å². The second kappa shape index (κ2) is 19.9. The van der Waals surface area contributed by atoms with Crippen LogP contribution in [0, 0.1) is 71.2 Å². The third kappa shape index (κ3) is 20.4. The highest BCUT2D eigenvalue weighted by atomic mass is 31.2. The summed E-state index contributed by atoms with van der Waals surface area (Å²) in [6.45, 7) is 6.31. The lowest BCUT2D eigenvalue weighted by Gasteiger charge is -2.18. The van der Waals surface area contributed by atoms with Crippen LogP contribution >= 0.6 is 7.82 Å². The van der Waals surface area contributed by atoms with E-state index in [1.165, 1.54) is 6.92 Å². The molecule has 0 aromatic carbocycles. The van der Waals surface area contributed by atoms with Crippen molar-refractivity contribution in [3.05, 3.63) is 35.1 Å². The fourth-order valence-corrected chi connectivity index (χ4v) is 1.76. The van der Waals surface area contributed by atoms with E-state index in [9.17, 15) is 14.3 Å². The van der Waals surface area contributed by atoms with Crippen LogP contribution in [0.25, 0.3) is 0 Å². The normalized spacial score (nSPS) is 8.59. The van der Waals surface area contributed by atoms with Gasteiger partial charge in [0.2, 0.25) is 5.91 Å². The van der Waals surface area contributed by atoms with Gasteiger partial charge in [-0.05, 0) is 65.7 Å². The molecule has 0 heterocycles. The molecule has 0 radical (unpaired) electrons. The zero-order chi connectivity index (χ0) is 23.2. The van der Waals surface area contributed by atoms with Crippen LogP contribution in [0.15, 0.2) is 35.1 Å². The summed E-state index contributed by atoms with van der Waals surface area (Å²) in [6.07, 6.45) is 2.52. The summed E-state index contributed by atoms with van der Waals surface area (Å²) in [5, 5.41) is 2.36. The van der Waals surface area contributed by atoms with E-state index in [-0.39, 0.29) is 26.5 Å². The molecular formula is C25H19NO5P-. The van der Waals surface area contributed by atoms with Crippen molar-refractivity contribution in [1.82, 2.24) is 5.32 Å². The Bertz CT molecular complexity index is 1260. The van der Waals surface area contributed by atoms with E-state index in [0.717, 1.165) is 0 Å². The van der Waals surface area contributed by atoms with Crippen molar-refractivity contribution < 1.29 is 23.3 Å². The largest absolute Gasteiger partial charge is 0.746 e. The van der Waals surface area contributed by atoms with Crippen molar-refractivity contribution in [2.75, 3.05) is 13.2 Å². The molecule has 6 nitrogen and oxygen atoms in total. The number of phosphoric ester groups is 1. The fourth-order valence-electron chi connectivity index (χ4n) is 1.23. The zero-order valence-corrected chi connectivity index (χ0v) is 17.7. The van der Waals surface area contributed by atoms with Gasteiger partial charge in [0.25, 0.3) is 0 Å². The Morgan fingerprint density at radius 1 is 1.00 bits per heavy atom. The molecule has 0 saturated heterocycles. The van der Waals surface area contributed by atoms with E-state index in [2.05, 4.69) is 109 Å². The highest BCUT2D eigenvalue weighted by Gasteiger charge is 2.07. The minimum atomic E-state index is -4.59. The van der Waals surface area contributed by atoms with E-state index >= 15 is 0 Å². The topological polar surface area (TPSA) is 87.7 Å². The lowest BCUT2D eigenvalue weighted by molar-refractivity contribution is -0.219. The standard InChI is InChI=1S/C24H16NO5P.CH4/c1-4-6-15-18-24(5-2)19-16-13-11-9-7-8-10-12-14-17-21-29-31(27,28)30-22-20-25-23(3)26;/h1,5,20,22H2,2-3H3,(H,25,26)(H,27,28);1H4/p-1. The van der Waals surface area contributed by atoms with Crippen molar-refractivity contribution >= 4 is 13.7 Å². The SMILES string of the molecule is C.C=C=C=C=C=C(C#CC#CC#CC#CC#CC#COP(=O)([O-])OCCNC(C)=O)CC. The Kier molecular flexibility index (Phi) is 18.6. The summed E-state index contributed by atoms with van der Waals surface area (Å²) < 4.78 is 20.0. The van der Waals surface area contributed by atoms with Gasteiger partial charge >= 0.3 is 7.82 Å². The molecule has 0 aromatic heterocycles. The predicted molar refractivity (Wildman–Crippen MR) is 120 cm³/mol. The number of carbonyl (C=O) groups is 1. The Morgan fingerprint density at radius 3 is 2.09 bits per heavy atom. The van der Waals surface area contributed by atoms with E-state index in [1.54, 1.807) is 0 Å². The third-order valence-corrected chi connectivity index (χ3v) is 3.24. The quantitative estimate of drug-likeness (QED) is 0.292. The molecule has 0 aliphatic carbocycles. The van der Waals surface area contributed by atoms with Crippen molar-refractivity contribution in [1.29, 1.82) is 0 Å². The Balaban J connectivity index is 0. The van der Waals surface area contributed by atoms with Crippen LogP contribution in [0.3, 0.4) is 0 Å². The molecule has 0 aliphatic heterocycles. The maximum absolute atomic E-state index is 11.3. The first-order chi connectivity index (χ1) is 14.9. The predicted octanol–water partition coefficient (Wildman–Crippen LogP) is 1.82. The van der Waals surface area contributed by atoms with Gasteiger partial charge in [-0.25, -0.2) is 0 Å². The third-order valence-electron chi connectivity index (χ3n) is 2.43. The first-order valence-electron chi connectivity index (χ1n) is 8.44. The van der Waals surface area contributed by atoms with Gasteiger partial charge in [-0.2, -0.15) is 0 Å². The van der Waals surface area contributed by atoms with Gasteiger partial charge < -0.3 is 19.3 Å². The van der Waals surface area contributed by atoms with Crippen LogP contribution in [0.2, 0.25) is 0 Å². The number of amides is 1. The van der Waals surface area contributed by atoms with E-state index in [4.69, 9.17) is 0 Å². The fraction of sp³-hybridized carbons (Fsp3) is 0.240. The minimum Gasteiger partial charge on any atom is -0.746 e. The smallest absolute Gasteiger partial charge is 0.328 e. The van der Waals surface area contributed by atoms with Crippen molar-refractivity contribution in [2.45, 2.75) is 27.7 Å². The van der Waals surface area contributed by atoms with E-state index in [1.807, 2.05) is 13.0 Å². The number of phosphoric acid groups is 1. The monoisotopic (exact) mass is 444 g/mol. The summed E-state index contributed by atoms with van der Waals surface area (Å²) in [6, 6.07) is 0. The molecule has 7 heteroatoms. The molecule has 1 amide bonds. The Labute approximate surface area is 189 Å². The molecule has 160 valence electrons.